The molecule has 2 aromatic carbocycles. The van der Waals surface area contributed by atoms with E-state index in [1.807, 2.05) is 0 Å². The van der Waals surface area contributed by atoms with Gasteiger partial charge in [0.15, 0.2) is 0 Å². The molecule has 0 fully saturated rings. The van der Waals surface area contributed by atoms with Gasteiger partial charge in [0.05, 0.1) is 0 Å². The summed E-state index contributed by atoms with van der Waals surface area (Å²) in [6.45, 7) is 2.29. The second-order valence-corrected chi connectivity index (χ2v) is 4.50. The Hall–Kier alpha value is -0.570. The van der Waals surface area contributed by atoms with Crippen molar-refractivity contribution in [3.8, 4) is 0 Å². The van der Waals surface area contributed by atoms with Crippen LogP contribution in [0, 0.1) is 0 Å². The van der Waals surface area contributed by atoms with Crippen LogP contribution in [0.25, 0.3) is 10.8 Å². The van der Waals surface area contributed by atoms with Crippen molar-refractivity contribution in [3.63, 3.8) is 0 Å². The SMILES string of the molecule is CC(CI)c1cccc2ccccc12. The predicted octanol–water partition coefficient (Wildman–Crippen LogP) is 4.38. The van der Waals surface area contributed by atoms with Crippen LogP contribution in [0.1, 0.15) is 18.4 Å². The minimum Gasteiger partial charge on any atom is -0.0857 e. The normalized spacial score (nSPS) is 13.0. The van der Waals surface area contributed by atoms with E-state index in [9.17, 15) is 0 Å². The fourth-order valence-electron chi connectivity index (χ4n) is 1.76. The first-order chi connectivity index (χ1) is 6.83. The van der Waals surface area contributed by atoms with E-state index in [0.717, 1.165) is 0 Å². The molecule has 0 saturated carbocycles. The van der Waals surface area contributed by atoms with Crippen molar-refractivity contribution in [2.75, 3.05) is 4.43 Å². The number of fused-ring (bicyclic) bond motifs is 1. The van der Waals surface area contributed by atoms with Crippen LogP contribution in [0.5, 0.6) is 0 Å². The third kappa shape index (κ3) is 1.78. The number of benzene rings is 2. The van der Waals surface area contributed by atoms with E-state index < -0.39 is 0 Å². The summed E-state index contributed by atoms with van der Waals surface area (Å²) in [5.41, 5.74) is 1.47. The maximum atomic E-state index is 2.45. The summed E-state index contributed by atoms with van der Waals surface area (Å²) in [6, 6.07) is 15.2. The van der Waals surface area contributed by atoms with Crippen molar-refractivity contribution in [1.29, 1.82) is 0 Å². The van der Waals surface area contributed by atoms with Crippen LogP contribution in [-0.4, -0.2) is 4.43 Å². The summed E-state index contributed by atoms with van der Waals surface area (Å²) in [7, 11) is 0. The summed E-state index contributed by atoms with van der Waals surface area (Å²) in [5, 5.41) is 2.75. The smallest absolute Gasteiger partial charge is 0.00618 e. The molecule has 0 amide bonds. The lowest BCUT2D eigenvalue weighted by molar-refractivity contribution is 0.906. The van der Waals surface area contributed by atoms with Gasteiger partial charge in [0.25, 0.3) is 0 Å². The molecule has 1 unspecified atom stereocenters. The van der Waals surface area contributed by atoms with Gasteiger partial charge in [-0.25, -0.2) is 0 Å². The van der Waals surface area contributed by atoms with Crippen LogP contribution < -0.4 is 0 Å². The van der Waals surface area contributed by atoms with Crippen LogP contribution >= 0.6 is 22.6 Å². The van der Waals surface area contributed by atoms with Crippen LogP contribution in [0.3, 0.4) is 0 Å². The number of hydrogen-bond acceptors (Lipinski definition) is 0. The minimum absolute atomic E-state index is 0.640. The molecule has 0 aromatic heterocycles. The first-order valence-electron chi connectivity index (χ1n) is 4.86. The molecule has 0 N–H and O–H groups in total. The van der Waals surface area contributed by atoms with E-state index in [0.29, 0.717) is 5.92 Å². The predicted molar refractivity (Wildman–Crippen MR) is 71.3 cm³/mol. The lowest BCUT2D eigenvalue weighted by Gasteiger charge is -2.11. The molecule has 0 aliphatic carbocycles. The number of hydrogen-bond donors (Lipinski definition) is 0. The number of halogens is 1. The largest absolute Gasteiger partial charge is 0.0857 e. The zero-order valence-corrected chi connectivity index (χ0v) is 10.4. The average Bonchev–Trinajstić information content (AvgIpc) is 2.27. The fourth-order valence-corrected chi connectivity index (χ4v) is 2.24. The third-order valence-corrected chi connectivity index (χ3v) is 3.91. The van der Waals surface area contributed by atoms with E-state index in [1.165, 1.54) is 20.8 Å². The van der Waals surface area contributed by atoms with Crippen molar-refractivity contribution in [2.24, 2.45) is 0 Å². The molecule has 0 aliphatic heterocycles. The van der Waals surface area contributed by atoms with Gasteiger partial charge in [0.1, 0.15) is 0 Å². The Morgan fingerprint density at radius 2 is 1.79 bits per heavy atom. The van der Waals surface area contributed by atoms with Gasteiger partial charge in [-0.1, -0.05) is 72.0 Å². The Balaban J connectivity index is 2.65. The summed E-state index contributed by atoms with van der Waals surface area (Å²) >= 11 is 2.45. The van der Waals surface area contributed by atoms with Crippen molar-refractivity contribution in [2.45, 2.75) is 12.8 Å². The Morgan fingerprint density at radius 1 is 1.07 bits per heavy atom. The van der Waals surface area contributed by atoms with Crippen LogP contribution in [0.4, 0.5) is 0 Å². The summed E-state index contributed by atoms with van der Waals surface area (Å²) < 4.78 is 1.17. The quantitative estimate of drug-likeness (QED) is 0.570. The monoisotopic (exact) mass is 296 g/mol. The van der Waals surface area contributed by atoms with Crippen molar-refractivity contribution in [1.82, 2.24) is 0 Å². The van der Waals surface area contributed by atoms with Crippen molar-refractivity contribution >= 4 is 33.4 Å². The maximum absolute atomic E-state index is 2.45. The second-order valence-electron chi connectivity index (χ2n) is 3.62. The zero-order valence-electron chi connectivity index (χ0n) is 8.20. The fraction of sp³-hybridized carbons (Fsp3) is 0.231. The van der Waals surface area contributed by atoms with Gasteiger partial charge in [-0.2, -0.15) is 0 Å². The van der Waals surface area contributed by atoms with Gasteiger partial charge in [0.2, 0.25) is 0 Å². The first kappa shape index (κ1) is 9.97. The summed E-state index contributed by atoms with van der Waals surface area (Å²) in [6.07, 6.45) is 0. The lowest BCUT2D eigenvalue weighted by Crippen LogP contribution is -1.94. The highest BCUT2D eigenvalue weighted by Gasteiger charge is 2.06. The molecule has 0 spiro atoms. The first-order valence-corrected chi connectivity index (χ1v) is 6.39. The van der Waals surface area contributed by atoms with E-state index in [1.54, 1.807) is 0 Å². The molecule has 0 saturated heterocycles. The van der Waals surface area contributed by atoms with Crippen LogP contribution in [-0.2, 0) is 0 Å². The van der Waals surface area contributed by atoms with Gasteiger partial charge in [-0.05, 0) is 22.3 Å². The van der Waals surface area contributed by atoms with E-state index >= 15 is 0 Å². The van der Waals surface area contributed by atoms with Gasteiger partial charge in [0, 0.05) is 4.43 Å². The lowest BCUT2D eigenvalue weighted by atomic mass is 9.96. The molecule has 72 valence electrons. The molecule has 1 atom stereocenters. The van der Waals surface area contributed by atoms with Gasteiger partial charge < -0.3 is 0 Å². The topological polar surface area (TPSA) is 0 Å². The molecule has 0 bridgehead atoms. The van der Waals surface area contributed by atoms with Crippen LogP contribution in [0.2, 0.25) is 0 Å². The van der Waals surface area contributed by atoms with Crippen molar-refractivity contribution in [3.05, 3.63) is 48.0 Å². The van der Waals surface area contributed by atoms with E-state index in [4.69, 9.17) is 0 Å². The highest BCUT2D eigenvalue weighted by atomic mass is 127. The zero-order chi connectivity index (χ0) is 9.97. The number of alkyl halides is 1. The average molecular weight is 296 g/mol. The molecular formula is C13H13I. The summed E-state index contributed by atoms with van der Waals surface area (Å²) in [5.74, 6) is 0.640. The highest BCUT2D eigenvalue weighted by molar-refractivity contribution is 14.1. The number of rotatable bonds is 2. The summed E-state index contributed by atoms with van der Waals surface area (Å²) in [4.78, 5) is 0. The highest BCUT2D eigenvalue weighted by Crippen LogP contribution is 2.26. The van der Waals surface area contributed by atoms with Gasteiger partial charge >= 0.3 is 0 Å². The van der Waals surface area contributed by atoms with E-state index in [2.05, 4.69) is 72.0 Å². The Kier molecular flexibility index (Phi) is 3.06. The third-order valence-electron chi connectivity index (χ3n) is 2.59. The molecule has 2 rings (SSSR count). The molecule has 0 heterocycles. The molecular weight excluding hydrogens is 283 g/mol. The van der Waals surface area contributed by atoms with E-state index in [-0.39, 0.29) is 0 Å². The standard InChI is InChI=1S/C13H13I/c1-10(9-14)12-8-4-6-11-5-2-3-7-13(11)12/h2-8,10H,9H2,1H3. The second kappa shape index (κ2) is 4.30. The molecule has 0 nitrogen and oxygen atoms in total. The van der Waals surface area contributed by atoms with Crippen molar-refractivity contribution < 1.29 is 0 Å². The maximum Gasteiger partial charge on any atom is 0.00618 e. The van der Waals surface area contributed by atoms with Gasteiger partial charge in [-0.3, -0.25) is 0 Å². The molecule has 1 heteroatoms. The molecule has 14 heavy (non-hydrogen) atoms. The molecule has 0 aliphatic rings. The Labute approximate surface area is 98.5 Å². The van der Waals surface area contributed by atoms with Gasteiger partial charge in [-0.15, -0.1) is 0 Å². The minimum atomic E-state index is 0.640. The Morgan fingerprint density at radius 3 is 2.57 bits per heavy atom. The molecule has 0 radical (unpaired) electrons. The Bertz CT molecular complexity index is 429. The van der Waals surface area contributed by atoms with Crippen LogP contribution in [0.15, 0.2) is 42.5 Å². The molecule has 2 aromatic rings.